The van der Waals surface area contributed by atoms with E-state index in [1.54, 1.807) is 7.11 Å². The van der Waals surface area contributed by atoms with E-state index in [0.717, 1.165) is 44.9 Å². The number of hydrogen-bond donors (Lipinski definition) is 3. The van der Waals surface area contributed by atoms with Crippen molar-refractivity contribution in [2.45, 2.75) is 63.2 Å². The SMILES string of the molecule is CO[C@@H]1CCC[C@H](NC(=O)NC[C@H]2CC[C@@H](O)C2)C1. The van der Waals surface area contributed by atoms with E-state index in [9.17, 15) is 9.90 Å². The van der Waals surface area contributed by atoms with Crippen LogP contribution in [0.4, 0.5) is 4.79 Å². The Balaban J connectivity index is 1.63. The predicted octanol–water partition coefficient (Wildman–Crippen LogP) is 1.40. The molecule has 0 saturated heterocycles. The minimum atomic E-state index is -0.171. The topological polar surface area (TPSA) is 70.6 Å². The Hall–Kier alpha value is -0.810. The van der Waals surface area contributed by atoms with E-state index in [0.29, 0.717) is 12.5 Å². The molecule has 2 rings (SSSR count). The molecule has 0 aromatic rings. The lowest BCUT2D eigenvalue weighted by molar-refractivity contribution is 0.0604. The van der Waals surface area contributed by atoms with Crippen LogP contribution < -0.4 is 10.6 Å². The predicted molar refractivity (Wildman–Crippen MR) is 72.9 cm³/mol. The van der Waals surface area contributed by atoms with Crippen LogP contribution in [0.15, 0.2) is 0 Å². The Morgan fingerprint density at radius 3 is 2.79 bits per heavy atom. The molecule has 2 amide bonds. The van der Waals surface area contributed by atoms with Gasteiger partial charge in [0.05, 0.1) is 12.2 Å². The van der Waals surface area contributed by atoms with Crippen molar-refractivity contribution in [3.8, 4) is 0 Å². The number of aliphatic hydroxyl groups is 1. The van der Waals surface area contributed by atoms with Crippen LogP contribution in [0.1, 0.15) is 44.9 Å². The molecule has 3 N–H and O–H groups in total. The van der Waals surface area contributed by atoms with E-state index in [1.165, 1.54) is 0 Å². The summed E-state index contributed by atoms with van der Waals surface area (Å²) in [6, 6.07) is 0.149. The van der Waals surface area contributed by atoms with Gasteiger partial charge >= 0.3 is 6.03 Å². The molecule has 0 spiro atoms. The molecule has 110 valence electrons. The molecule has 0 aromatic heterocycles. The minimum absolute atomic E-state index is 0.0804. The summed E-state index contributed by atoms with van der Waals surface area (Å²) < 4.78 is 5.36. The average molecular weight is 270 g/mol. The van der Waals surface area contributed by atoms with E-state index < -0.39 is 0 Å². The smallest absolute Gasteiger partial charge is 0.315 e. The number of nitrogens with one attached hydrogen (secondary N) is 2. The Bertz CT molecular complexity index is 298. The van der Waals surface area contributed by atoms with E-state index in [4.69, 9.17) is 4.74 Å². The zero-order chi connectivity index (χ0) is 13.7. The van der Waals surface area contributed by atoms with Crippen molar-refractivity contribution in [2.75, 3.05) is 13.7 Å². The maximum atomic E-state index is 11.8. The molecule has 0 aliphatic heterocycles. The molecule has 5 nitrogen and oxygen atoms in total. The first-order valence-corrected chi connectivity index (χ1v) is 7.42. The molecular formula is C14H26N2O3. The van der Waals surface area contributed by atoms with Gasteiger partial charge in [0.15, 0.2) is 0 Å². The van der Waals surface area contributed by atoms with Crippen molar-refractivity contribution in [3.63, 3.8) is 0 Å². The van der Waals surface area contributed by atoms with Gasteiger partial charge < -0.3 is 20.5 Å². The molecule has 2 fully saturated rings. The third-order valence-corrected chi connectivity index (χ3v) is 4.36. The van der Waals surface area contributed by atoms with Crippen molar-refractivity contribution in [1.82, 2.24) is 10.6 Å². The van der Waals surface area contributed by atoms with Crippen molar-refractivity contribution < 1.29 is 14.6 Å². The lowest BCUT2D eigenvalue weighted by Gasteiger charge is -2.29. The molecule has 0 aromatic carbocycles. The molecule has 0 radical (unpaired) electrons. The van der Waals surface area contributed by atoms with Crippen LogP contribution in [0.2, 0.25) is 0 Å². The fraction of sp³-hybridized carbons (Fsp3) is 0.929. The number of methoxy groups -OCH3 is 1. The standard InChI is InChI=1S/C14H26N2O3/c1-19-13-4-2-3-11(8-13)16-14(18)15-9-10-5-6-12(17)7-10/h10-13,17H,2-9H2,1H3,(H2,15,16,18)/t10-,11-,12+,13+/m0/s1. The second-order valence-corrected chi connectivity index (χ2v) is 5.91. The largest absolute Gasteiger partial charge is 0.393 e. The van der Waals surface area contributed by atoms with Gasteiger partial charge in [-0.15, -0.1) is 0 Å². The number of rotatable bonds is 4. The van der Waals surface area contributed by atoms with E-state index in [-0.39, 0.29) is 24.3 Å². The molecule has 5 heteroatoms. The second kappa shape index (κ2) is 7.10. The fourth-order valence-electron chi connectivity index (χ4n) is 3.20. The summed E-state index contributed by atoms with van der Waals surface area (Å²) in [6.45, 7) is 0.670. The monoisotopic (exact) mass is 270 g/mol. The minimum Gasteiger partial charge on any atom is -0.393 e. The number of aliphatic hydroxyl groups excluding tert-OH is 1. The van der Waals surface area contributed by atoms with Gasteiger partial charge in [-0.05, 0) is 50.9 Å². The van der Waals surface area contributed by atoms with Crippen LogP contribution in [-0.4, -0.2) is 43.0 Å². The summed E-state index contributed by atoms with van der Waals surface area (Å²) in [5.41, 5.74) is 0. The molecule has 0 unspecified atom stereocenters. The van der Waals surface area contributed by atoms with Crippen LogP contribution in [0.3, 0.4) is 0 Å². The highest BCUT2D eigenvalue weighted by Crippen LogP contribution is 2.24. The molecule has 2 aliphatic carbocycles. The molecule has 0 heterocycles. The average Bonchev–Trinajstić information content (AvgIpc) is 2.82. The molecule has 2 saturated carbocycles. The number of urea groups is 1. The Morgan fingerprint density at radius 1 is 1.26 bits per heavy atom. The normalized spacial score (nSPS) is 35.1. The molecule has 19 heavy (non-hydrogen) atoms. The lowest BCUT2D eigenvalue weighted by atomic mass is 9.93. The van der Waals surface area contributed by atoms with Crippen molar-refractivity contribution in [2.24, 2.45) is 5.92 Å². The van der Waals surface area contributed by atoms with Crippen molar-refractivity contribution >= 4 is 6.03 Å². The summed E-state index contributed by atoms with van der Waals surface area (Å²) in [7, 11) is 1.73. The van der Waals surface area contributed by atoms with Crippen LogP contribution in [-0.2, 0) is 4.74 Å². The summed E-state index contributed by atoms with van der Waals surface area (Å²) >= 11 is 0. The van der Waals surface area contributed by atoms with Gasteiger partial charge in [0, 0.05) is 19.7 Å². The van der Waals surface area contributed by atoms with E-state index in [2.05, 4.69) is 10.6 Å². The summed E-state index contributed by atoms with van der Waals surface area (Å²) in [4.78, 5) is 11.8. The van der Waals surface area contributed by atoms with Gasteiger partial charge in [0.25, 0.3) is 0 Å². The van der Waals surface area contributed by atoms with E-state index in [1.807, 2.05) is 0 Å². The number of ether oxygens (including phenoxy) is 1. The van der Waals surface area contributed by atoms with Gasteiger partial charge in [0.2, 0.25) is 0 Å². The third kappa shape index (κ3) is 4.66. The maximum Gasteiger partial charge on any atom is 0.315 e. The highest BCUT2D eigenvalue weighted by atomic mass is 16.5. The van der Waals surface area contributed by atoms with Crippen molar-refractivity contribution in [1.29, 1.82) is 0 Å². The summed E-state index contributed by atoms with van der Waals surface area (Å²) in [5, 5.41) is 15.4. The highest BCUT2D eigenvalue weighted by Gasteiger charge is 2.25. The maximum absolute atomic E-state index is 11.8. The first kappa shape index (κ1) is 14.6. The Labute approximate surface area is 115 Å². The first-order valence-electron chi connectivity index (χ1n) is 7.42. The first-order chi connectivity index (χ1) is 9.17. The van der Waals surface area contributed by atoms with Gasteiger partial charge in [-0.25, -0.2) is 4.79 Å². The third-order valence-electron chi connectivity index (χ3n) is 4.36. The van der Waals surface area contributed by atoms with E-state index >= 15 is 0 Å². The molecule has 0 bridgehead atoms. The Kier molecular flexibility index (Phi) is 5.45. The zero-order valence-electron chi connectivity index (χ0n) is 11.7. The van der Waals surface area contributed by atoms with Crippen LogP contribution >= 0.6 is 0 Å². The van der Waals surface area contributed by atoms with Gasteiger partial charge in [-0.2, -0.15) is 0 Å². The van der Waals surface area contributed by atoms with Gasteiger partial charge in [-0.3, -0.25) is 0 Å². The highest BCUT2D eigenvalue weighted by molar-refractivity contribution is 5.74. The fourth-order valence-corrected chi connectivity index (χ4v) is 3.20. The Morgan fingerprint density at radius 2 is 2.11 bits per heavy atom. The van der Waals surface area contributed by atoms with Crippen LogP contribution in [0.5, 0.6) is 0 Å². The summed E-state index contributed by atoms with van der Waals surface area (Å²) in [5.74, 6) is 0.429. The lowest BCUT2D eigenvalue weighted by Crippen LogP contribution is -2.46. The quantitative estimate of drug-likeness (QED) is 0.723. The number of amides is 2. The van der Waals surface area contributed by atoms with Gasteiger partial charge in [-0.1, -0.05) is 0 Å². The zero-order valence-corrected chi connectivity index (χ0v) is 11.7. The van der Waals surface area contributed by atoms with Crippen molar-refractivity contribution in [3.05, 3.63) is 0 Å². The number of hydrogen-bond acceptors (Lipinski definition) is 3. The van der Waals surface area contributed by atoms with Gasteiger partial charge in [0.1, 0.15) is 0 Å². The summed E-state index contributed by atoms with van der Waals surface area (Å²) in [6.07, 6.45) is 6.95. The molecular weight excluding hydrogens is 244 g/mol. The van der Waals surface area contributed by atoms with Crippen LogP contribution in [0.25, 0.3) is 0 Å². The van der Waals surface area contributed by atoms with Crippen LogP contribution in [0, 0.1) is 5.92 Å². The molecule has 4 atom stereocenters. The second-order valence-electron chi connectivity index (χ2n) is 5.91. The number of carbonyl (C=O) groups excluding carboxylic acids is 1. The number of carbonyl (C=O) groups is 1. The molecule has 2 aliphatic rings.